The number of hydrogen-bond acceptors (Lipinski definition) is 6. The fourth-order valence-corrected chi connectivity index (χ4v) is 8.58. The highest BCUT2D eigenvalue weighted by molar-refractivity contribution is 5.71. The summed E-state index contributed by atoms with van der Waals surface area (Å²) in [5, 5.41) is 0. The van der Waals surface area contributed by atoms with Crippen LogP contribution in [0.2, 0.25) is 0 Å². The highest BCUT2D eigenvalue weighted by atomic mass is 16.6. The lowest BCUT2D eigenvalue weighted by molar-refractivity contribution is -0.167. The normalized spacial score (nSPS) is 12.8. The number of ether oxygens (including phenoxy) is 3. The molecule has 6 nitrogen and oxygen atoms in total. The number of esters is 3. The van der Waals surface area contributed by atoms with Gasteiger partial charge < -0.3 is 14.2 Å². The fourth-order valence-electron chi connectivity index (χ4n) is 8.58. The van der Waals surface area contributed by atoms with E-state index in [1.807, 2.05) is 0 Å². The molecule has 0 saturated heterocycles. The van der Waals surface area contributed by atoms with Crippen molar-refractivity contribution < 1.29 is 28.6 Å². The molecule has 0 spiro atoms. The SMILES string of the molecule is CC/C=C\C/C=C\C/C=C\C/C=C\C/C=C\CCCCCC(=O)OC[C@H](COC(=O)CCCCCCCCCCCCCCCCCCCCCCC)OC(=O)CCC/C=C\C/C=C\C/C=C\C/C=C\CCCCC. The summed E-state index contributed by atoms with van der Waals surface area (Å²) >= 11 is 0. The summed E-state index contributed by atoms with van der Waals surface area (Å²) in [7, 11) is 0. The minimum absolute atomic E-state index is 0.110. The Kier molecular flexibility index (Phi) is 59.3. The van der Waals surface area contributed by atoms with Crippen LogP contribution < -0.4 is 0 Å². The van der Waals surface area contributed by atoms with Gasteiger partial charge in [-0.05, 0) is 103 Å². The third kappa shape index (κ3) is 60.8. The second kappa shape index (κ2) is 62.6. The molecule has 0 unspecified atom stereocenters. The average molecular weight is 1040 g/mol. The zero-order valence-corrected chi connectivity index (χ0v) is 49.0. The molecular weight excluding hydrogens is 925 g/mol. The Morgan fingerprint density at radius 3 is 0.880 bits per heavy atom. The van der Waals surface area contributed by atoms with Crippen molar-refractivity contribution in [3.63, 3.8) is 0 Å². The standard InChI is InChI=1S/C69H116O6/c1-4-7-10-13-16-19-22-25-28-31-33-34-36-39-41-44-47-50-53-56-59-62-68(71)74-65-66(75-69(72)63-60-57-54-51-48-45-42-37-30-27-24-21-18-15-12-9-6-3)64-73-67(70)61-58-55-52-49-46-43-40-38-35-32-29-26-23-20-17-14-11-8-5-2/h8,11,17-18,20-21,26-27,29-30,35,38,42-43,45-46,51,54,66H,4-7,9-10,12-16,19,22-25,28,31-34,36-37,39-41,44,47-50,52-53,55-65H2,1-3H3/b11-8-,20-17-,21-18-,29-26-,30-27-,38-35-,45-42-,46-43-,54-51-/t66-/m1/s1. The molecule has 0 aromatic rings. The van der Waals surface area contributed by atoms with Crippen molar-refractivity contribution in [2.75, 3.05) is 13.2 Å². The van der Waals surface area contributed by atoms with Gasteiger partial charge in [-0.3, -0.25) is 14.4 Å². The largest absolute Gasteiger partial charge is 0.462 e. The van der Waals surface area contributed by atoms with Gasteiger partial charge in [0.15, 0.2) is 6.10 Å². The Labute approximate surface area is 463 Å². The molecule has 0 N–H and O–H groups in total. The van der Waals surface area contributed by atoms with E-state index in [2.05, 4.69) is 130 Å². The first kappa shape index (κ1) is 71.1. The van der Waals surface area contributed by atoms with Crippen LogP contribution in [0.3, 0.4) is 0 Å². The molecule has 0 aromatic heterocycles. The Morgan fingerprint density at radius 1 is 0.280 bits per heavy atom. The predicted octanol–water partition coefficient (Wildman–Crippen LogP) is 21.4. The Bertz CT molecular complexity index is 1520. The van der Waals surface area contributed by atoms with Crippen molar-refractivity contribution in [3.8, 4) is 0 Å². The van der Waals surface area contributed by atoms with Crippen LogP contribution in [0, 0.1) is 0 Å². The Balaban J connectivity index is 4.48. The smallest absolute Gasteiger partial charge is 0.306 e. The second-order valence-electron chi connectivity index (χ2n) is 20.6. The van der Waals surface area contributed by atoms with Crippen molar-refractivity contribution in [2.24, 2.45) is 0 Å². The quantitative estimate of drug-likeness (QED) is 0.0261. The molecule has 0 aliphatic carbocycles. The molecule has 75 heavy (non-hydrogen) atoms. The van der Waals surface area contributed by atoms with E-state index in [9.17, 15) is 14.4 Å². The first-order chi connectivity index (χ1) is 37.0. The second-order valence-corrected chi connectivity index (χ2v) is 20.6. The lowest BCUT2D eigenvalue weighted by Crippen LogP contribution is -2.30. The average Bonchev–Trinajstić information content (AvgIpc) is 3.41. The van der Waals surface area contributed by atoms with Crippen LogP contribution in [-0.4, -0.2) is 37.2 Å². The maximum absolute atomic E-state index is 12.9. The summed E-state index contributed by atoms with van der Waals surface area (Å²) < 4.78 is 16.8. The molecule has 0 rings (SSSR count). The van der Waals surface area contributed by atoms with Gasteiger partial charge in [-0.15, -0.1) is 0 Å². The highest BCUT2D eigenvalue weighted by Gasteiger charge is 2.19. The van der Waals surface area contributed by atoms with Gasteiger partial charge in [0.05, 0.1) is 0 Å². The van der Waals surface area contributed by atoms with Crippen LogP contribution in [0.25, 0.3) is 0 Å². The Morgan fingerprint density at radius 2 is 0.533 bits per heavy atom. The molecule has 0 bridgehead atoms. The van der Waals surface area contributed by atoms with Gasteiger partial charge in [0.1, 0.15) is 13.2 Å². The zero-order chi connectivity index (χ0) is 54.3. The summed E-state index contributed by atoms with van der Waals surface area (Å²) in [4.78, 5) is 38.3. The molecule has 0 saturated carbocycles. The van der Waals surface area contributed by atoms with Gasteiger partial charge >= 0.3 is 17.9 Å². The number of hydrogen-bond donors (Lipinski definition) is 0. The molecule has 0 fully saturated rings. The lowest BCUT2D eigenvalue weighted by atomic mass is 10.0. The Hall–Kier alpha value is -3.93. The number of rotatable bonds is 56. The van der Waals surface area contributed by atoms with Gasteiger partial charge in [-0.1, -0.05) is 278 Å². The van der Waals surface area contributed by atoms with E-state index in [4.69, 9.17) is 14.2 Å². The maximum Gasteiger partial charge on any atom is 0.306 e. The topological polar surface area (TPSA) is 78.9 Å². The number of allylic oxidation sites excluding steroid dienone is 18. The first-order valence-corrected chi connectivity index (χ1v) is 31.4. The van der Waals surface area contributed by atoms with E-state index in [0.29, 0.717) is 19.3 Å². The van der Waals surface area contributed by atoms with E-state index >= 15 is 0 Å². The lowest BCUT2D eigenvalue weighted by Gasteiger charge is -2.18. The van der Waals surface area contributed by atoms with Gasteiger partial charge in [0.25, 0.3) is 0 Å². The van der Waals surface area contributed by atoms with Crippen LogP contribution >= 0.6 is 0 Å². The van der Waals surface area contributed by atoms with Crippen molar-refractivity contribution in [3.05, 3.63) is 109 Å². The van der Waals surface area contributed by atoms with Crippen LogP contribution in [0.4, 0.5) is 0 Å². The fraction of sp³-hybridized carbons (Fsp3) is 0.696. The highest BCUT2D eigenvalue weighted by Crippen LogP contribution is 2.16. The summed E-state index contributed by atoms with van der Waals surface area (Å²) in [5.41, 5.74) is 0. The first-order valence-electron chi connectivity index (χ1n) is 31.4. The van der Waals surface area contributed by atoms with E-state index < -0.39 is 6.10 Å². The van der Waals surface area contributed by atoms with Crippen LogP contribution in [-0.2, 0) is 28.6 Å². The monoisotopic (exact) mass is 1040 g/mol. The molecule has 6 heteroatoms. The molecule has 0 radical (unpaired) electrons. The van der Waals surface area contributed by atoms with Gasteiger partial charge in [0.2, 0.25) is 0 Å². The van der Waals surface area contributed by atoms with Crippen molar-refractivity contribution in [2.45, 2.75) is 297 Å². The van der Waals surface area contributed by atoms with E-state index in [-0.39, 0.29) is 37.5 Å². The van der Waals surface area contributed by atoms with Crippen LogP contribution in [0.15, 0.2) is 109 Å². The van der Waals surface area contributed by atoms with E-state index in [1.54, 1.807) is 0 Å². The molecule has 0 heterocycles. The molecule has 0 aliphatic heterocycles. The molecule has 1 atom stereocenters. The summed E-state index contributed by atoms with van der Waals surface area (Å²) in [6.07, 6.45) is 85.3. The molecular formula is C69H116O6. The molecule has 428 valence electrons. The molecule has 0 amide bonds. The van der Waals surface area contributed by atoms with Gasteiger partial charge in [-0.2, -0.15) is 0 Å². The number of carbonyl (C=O) groups excluding carboxylic acids is 3. The van der Waals surface area contributed by atoms with Crippen molar-refractivity contribution in [1.82, 2.24) is 0 Å². The minimum atomic E-state index is -0.822. The summed E-state index contributed by atoms with van der Waals surface area (Å²) in [6, 6.07) is 0. The predicted molar refractivity (Wildman–Crippen MR) is 325 cm³/mol. The number of carbonyl (C=O) groups is 3. The summed E-state index contributed by atoms with van der Waals surface area (Å²) in [5.74, 6) is -0.993. The van der Waals surface area contributed by atoms with Gasteiger partial charge in [0, 0.05) is 19.3 Å². The third-order valence-corrected chi connectivity index (χ3v) is 13.3. The third-order valence-electron chi connectivity index (χ3n) is 13.3. The van der Waals surface area contributed by atoms with E-state index in [0.717, 1.165) is 103 Å². The van der Waals surface area contributed by atoms with E-state index in [1.165, 1.54) is 141 Å². The van der Waals surface area contributed by atoms with Crippen molar-refractivity contribution >= 4 is 17.9 Å². The maximum atomic E-state index is 12.9. The van der Waals surface area contributed by atoms with Crippen molar-refractivity contribution in [1.29, 1.82) is 0 Å². The van der Waals surface area contributed by atoms with Gasteiger partial charge in [-0.25, -0.2) is 0 Å². The van der Waals surface area contributed by atoms with Crippen LogP contribution in [0.1, 0.15) is 290 Å². The molecule has 0 aliphatic rings. The summed E-state index contributed by atoms with van der Waals surface area (Å²) in [6.45, 7) is 6.45. The molecule has 0 aromatic carbocycles. The zero-order valence-electron chi connectivity index (χ0n) is 49.0. The minimum Gasteiger partial charge on any atom is -0.462 e. The number of unbranched alkanes of at least 4 members (excludes halogenated alkanes) is 27. The van der Waals surface area contributed by atoms with Crippen LogP contribution in [0.5, 0.6) is 0 Å².